The van der Waals surface area contributed by atoms with Crippen LogP contribution in [-0.2, 0) is 4.79 Å². The third-order valence-corrected chi connectivity index (χ3v) is 6.40. The summed E-state index contributed by atoms with van der Waals surface area (Å²) < 4.78 is 18.7. The molecule has 1 aliphatic rings. The number of carbonyl (C=O) groups excluding carboxylic acids is 1. The van der Waals surface area contributed by atoms with Gasteiger partial charge in [-0.2, -0.15) is 0 Å². The lowest BCUT2D eigenvalue weighted by molar-refractivity contribution is -0.113. The van der Waals surface area contributed by atoms with Gasteiger partial charge >= 0.3 is 0 Å². The van der Waals surface area contributed by atoms with Crippen molar-refractivity contribution < 1.29 is 19.0 Å². The minimum absolute atomic E-state index is 0.157. The van der Waals surface area contributed by atoms with Crippen LogP contribution in [-0.4, -0.2) is 46.2 Å². The Hall–Kier alpha value is -3.98. The number of ether oxygens (including phenoxy) is 3. The van der Waals surface area contributed by atoms with E-state index in [9.17, 15) is 4.79 Å². The van der Waals surface area contributed by atoms with Crippen LogP contribution in [0.3, 0.4) is 0 Å². The Kier molecular flexibility index (Phi) is 7.08. The van der Waals surface area contributed by atoms with Gasteiger partial charge in [0.1, 0.15) is 19.0 Å². The van der Waals surface area contributed by atoms with E-state index in [-0.39, 0.29) is 11.7 Å². The van der Waals surface area contributed by atoms with Gasteiger partial charge in [0.25, 0.3) is 0 Å². The lowest BCUT2D eigenvalue weighted by Crippen LogP contribution is -2.17. The fourth-order valence-corrected chi connectivity index (χ4v) is 4.63. The highest BCUT2D eigenvalue weighted by Crippen LogP contribution is 2.33. The molecule has 1 aromatic heterocycles. The normalized spacial score (nSPS) is 12.3. The van der Waals surface area contributed by atoms with E-state index in [0.717, 1.165) is 22.6 Å². The first kappa shape index (κ1) is 23.7. The van der Waals surface area contributed by atoms with Gasteiger partial charge in [0, 0.05) is 23.0 Å². The second-order valence-corrected chi connectivity index (χ2v) is 9.08. The number of thioether (sulfide) groups is 1. The van der Waals surface area contributed by atoms with E-state index in [1.54, 1.807) is 18.2 Å². The minimum Gasteiger partial charge on any atom is -0.494 e. The average molecular weight is 503 g/mol. The Labute approximate surface area is 213 Å². The Morgan fingerprint density at radius 2 is 1.83 bits per heavy atom. The van der Waals surface area contributed by atoms with Crippen LogP contribution in [0, 0.1) is 6.92 Å². The molecule has 0 bridgehead atoms. The maximum absolute atomic E-state index is 12.8. The van der Waals surface area contributed by atoms with E-state index in [1.807, 2.05) is 60.9 Å². The molecule has 0 saturated carbocycles. The molecule has 1 amide bonds. The summed E-state index contributed by atoms with van der Waals surface area (Å²) in [5.74, 6) is 2.81. The molecule has 0 spiro atoms. The van der Waals surface area contributed by atoms with Crippen molar-refractivity contribution in [3.05, 3.63) is 72.3 Å². The first-order valence-corrected chi connectivity index (χ1v) is 12.7. The third kappa shape index (κ3) is 5.31. The number of hydrogen-bond donors (Lipinski definition) is 1. The number of amides is 1. The number of anilines is 1. The fraction of sp³-hybridized carbons (Fsp3) is 0.222. The molecule has 5 rings (SSSR count). The van der Waals surface area contributed by atoms with Crippen LogP contribution in [0.4, 0.5) is 5.69 Å². The van der Waals surface area contributed by atoms with E-state index in [2.05, 4.69) is 21.6 Å². The highest BCUT2D eigenvalue weighted by molar-refractivity contribution is 7.99. The highest BCUT2D eigenvalue weighted by atomic mass is 32.2. The topological polar surface area (TPSA) is 87.5 Å². The van der Waals surface area contributed by atoms with Crippen LogP contribution in [0.15, 0.2) is 71.9 Å². The van der Waals surface area contributed by atoms with Crippen LogP contribution in [0.25, 0.3) is 17.1 Å². The lowest BCUT2D eigenvalue weighted by Gasteiger charge is -2.19. The number of aromatic nitrogens is 3. The summed E-state index contributed by atoms with van der Waals surface area (Å²) in [7, 11) is 0. The molecule has 0 saturated heterocycles. The highest BCUT2D eigenvalue weighted by Gasteiger charge is 2.18. The largest absolute Gasteiger partial charge is 0.494 e. The molecule has 36 heavy (non-hydrogen) atoms. The number of carbonyl (C=O) groups is 1. The molecule has 4 aromatic rings. The summed E-state index contributed by atoms with van der Waals surface area (Å²) in [6.45, 7) is 5.60. The molecule has 0 aliphatic carbocycles. The number of nitrogens with zero attached hydrogens (tertiary/aromatic N) is 3. The Morgan fingerprint density at radius 3 is 2.61 bits per heavy atom. The van der Waals surface area contributed by atoms with Crippen LogP contribution in [0.1, 0.15) is 12.5 Å². The van der Waals surface area contributed by atoms with Gasteiger partial charge in [-0.1, -0.05) is 35.5 Å². The van der Waals surface area contributed by atoms with Crippen LogP contribution in [0.2, 0.25) is 0 Å². The van der Waals surface area contributed by atoms with E-state index in [1.165, 1.54) is 11.8 Å². The zero-order valence-corrected chi connectivity index (χ0v) is 20.9. The van der Waals surface area contributed by atoms with Gasteiger partial charge < -0.3 is 19.5 Å². The van der Waals surface area contributed by atoms with Crippen molar-refractivity contribution >= 4 is 23.4 Å². The molecule has 3 aromatic carbocycles. The lowest BCUT2D eigenvalue weighted by atomic mass is 10.1. The van der Waals surface area contributed by atoms with Crippen LogP contribution >= 0.6 is 11.8 Å². The van der Waals surface area contributed by atoms with E-state index < -0.39 is 0 Å². The predicted octanol–water partition coefficient (Wildman–Crippen LogP) is 5.14. The first-order valence-electron chi connectivity index (χ1n) is 11.7. The molecule has 184 valence electrons. The number of hydrogen-bond acceptors (Lipinski definition) is 7. The molecule has 2 heterocycles. The van der Waals surface area contributed by atoms with Gasteiger partial charge in [0.05, 0.1) is 12.4 Å². The molecule has 0 unspecified atom stereocenters. The number of aryl methyl sites for hydroxylation is 1. The minimum atomic E-state index is -0.157. The fourth-order valence-electron chi connectivity index (χ4n) is 3.87. The van der Waals surface area contributed by atoms with E-state index in [4.69, 9.17) is 14.2 Å². The molecule has 1 aliphatic heterocycles. The molecular formula is C27H26N4O4S. The predicted molar refractivity (Wildman–Crippen MR) is 139 cm³/mol. The maximum Gasteiger partial charge on any atom is 0.234 e. The molecular weight excluding hydrogens is 476 g/mol. The van der Waals surface area contributed by atoms with Gasteiger partial charge in [-0.05, 0) is 56.3 Å². The van der Waals surface area contributed by atoms with Crippen molar-refractivity contribution in [2.45, 2.75) is 19.0 Å². The van der Waals surface area contributed by atoms with Gasteiger partial charge in [0.15, 0.2) is 22.5 Å². The zero-order valence-electron chi connectivity index (χ0n) is 20.1. The smallest absolute Gasteiger partial charge is 0.234 e. The quantitative estimate of drug-likeness (QED) is 0.334. The van der Waals surface area contributed by atoms with Gasteiger partial charge in [-0.25, -0.2) is 0 Å². The van der Waals surface area contributed by atoms with Gasteiger partial charge in [-0.3, -0.25) is 9.36 Å². The molecule has 9 heteroatoms. The molecule has 1 N–H and O–H groups in total. The number of fused-ring (bicyclic) bond motifs is 1. The van der Waals surface area contributed by atoms with Crippen molar-refractivity contribution in [2.75, 3.05) is 30.9 Å². The van der Waals surface area contributed by atoms with Crippen molar-refractivity contribution in [3.63, 3.8) is 0 Å². The molecule has 0 radical (unpaired) electrons. The number of rotatable bonds is 8. The molecule has 8 nitrogen and oxygen atoms in total. The standard InChI is InChI=1S/C27H26N4O4S/c1-3-33-22-10-8-21(9-11-22)31-26(19-6-4-5-18(2)15-19)29-30-27(31)36-17-25(32)28-20-7-12-23-24(16-20)35-14-13-34-23/h4-12,15-16H,3,13-14,17H2,1-2H3,(H,28,32). The summed E-state index contributed by atoms with van der Waals surface area (Å²) >= 11 is 1.32. The van der Waals surface area contributed by atoms with Crippen molar-refractivity contribution in [1.29, 1.82) is 0 Å². The van der Waals surface area contributed by atoms with Crippen LogP contribution in [0.5, 0.6) is 17.2 Å². The number of benzene rings is 3. The summed E-state index contributed by atoms with van der Waals surface area (Å²) in [5, 5.41) is 12.4. The monoisotopic (exact) mass is 502 g/mol. The van der Waals surface area contributed by atoms with E-state index in [0.29, 0.717) is 48.0 Å². The zero-order chi connectivity index (χ0) is 24.9. The number of nitrogens with one attached hydrogen (secondary N) is 1. The molecule has 0 fully saturated rings. The van der Waals surface area contributed by atoms with E-state index >= 15 is 0 Å². The van der Waals surface area contributed by atoms with Crippen molar-refractivity contribution in [3.8, 4) is 34.3 Å². The average Bonchev–Trinajstić information content (AvgIpc) is 3.32. The summed E-state index contributed by atoms with van der Waals surface area (Å²) in [5.41, 5.74) is 3.61. The maximum atomic E-state index is 12.8. The third-order valence-electron chi connectivity index (χ3n) is 5.47. The van der Waals surface area contributed by atoms with Crippen LogP contribution < -0.4 is 19.5 Å². The van der Waals surface area contributed by atoms with Crippen molar-refractivity contribution in [2.24, 2.45) is 0 Å². The van der Waals surface area contributed by atoms with Crippen molar-refractivity contribution in [1.82, 2.24) is 14.8 Å². The summed E-state index contributed by atoms with van der Waals surface area (Å²) in [4.78, 5) is 12.8. The second kappa shape index (κ2) is 10.7. The first-order chi connectivity index (χ1) is 17.6. The van der Waals surface area contributed by atoms with Gasteiger partial charge in [0.2, 0.25) is 5.91 Å². The van der Waals surface area contributed by atoms with Gasteiger partial charge in [-0.15, -0.1) is 10.2 Å². The second-order valence-electron chi connectivity index (χ2n) is 8.13. The SMILES string of the molecule is CCOc1ccc(-n2c(SCC(=O)Nc3ccc4c(c3)OCCO4)nnc2-c2cccc(C)c2)cc1. The Bertz CT molecular complexity index is 1370. The molecule has 0 atom stereocenters. The Balaban J connectivity index is 1.37. The summed E-state index contributed by atoms with van der Waals surface area (Å²) in [6, 6.07) is 21.2. The Morgan fingerprint density at radius 1 is 1.03 bits per heavy atom. The summed E-state index contributed by atoms with van der Waals surface area (Å²) in [6.07, 6.45) is 0.